The molecule has 0 saturated carbocycles. The first-order chi connectivity index (χ1) is 9.60. The third-order valence-electron chi connectivity index (χ3n) is 2.77. The summed E-state index contributed by atoms with van der Waals surface area (Å²) in [5.41, 5.74) is 1.90. The zero-order chi connectivity index (χ0) is 14.5. The van der Waals surface area contributed by atoms with Crippen LogP contribution in [-0.2, 0) is 6.54 Å². The van der Waals surface area contributed by atoms with Gasteiger partial charge in [0.2, 0.25) is 0 Å². The van der Waals surface area contributed by atoms with Gasteiger partial charge in [-0.25, -0.2) is 4.98 Å². The van der Waals surface area contributed by atoms with E-state index in [1.807, 2.05) is 12.1 Å². The van der Waals surface area contributed by atoms with E-state index in [0.29, 0.717) is 17.8 Å². The van der Waals surface area contributed by atoms with Crippen molar-refractivity contribution in [3.05, 3.63) is 63.9 Å². The fraction of sp³-hybridized carbons (Fsp3) is 0.133. The second-order valence-electron chi connectivity index (χ2n) is 4.34. The summed E-state index contributed by atoms with van der Waals surface area (Å²) in [7, 11) is 1.71. The van der Waals surface area contributed by atoms with Gasteiger partial charge in [0.1, 0.15) is 5.69 Å². The standard InChI is InChI=1S/C15H12BrN3O/c1-19(10-12-4-2-3-11(7-12)8-17)15(20)14-6-5-13(16)9-18-14/h2-7,9H,10H2,1H3. The fourth-order valence-electron chi connectivity index (χ4n) is 1.78. The van der Waals surface area contributed by atoms with E-state index in [1.54, 1.807) is 42.4 Å². The molecule has 0 radical (unpaired) electrons. The number of rotatable bonds is 3. The van der Waals surface area contributed by atoms with Gasteiger partial charge in [-0.3, -0.25) is 4.79 Å². The van der Waals surface area contributed by atoms with Gasteiger partial charge >= 0.3 is 0 Å². The molecule has 0 aliphatic heterocycles. The van der Waals surface area contributed by atoms with Crippen molar-refractivity contribution in [1.82, 2.24) is 9.88 Å². The lowest BCUT2D eigenvalue weighted by atomic mass is 10.1. The maximum atomic E-state index is 12.2. The van der Waals surface area contributed by atoms with Crippen molar-refractivity contribution < 1.29 is 4.79 Å². The highest BCUT2D eigenvalue weighted by molar-refractivity contribution is 9.10. The van der Waals surface area contributed by atoms with E-state index < -0.39 is 0 Å². The number of carbonyl (C=O) groups is 1. The minimum atomic E-state index is -0.153. The smallest absolute Gasteiger partial charge is 0.272 e. The van der Waals surface area contributed by atoms with Gasteiger partial charge in [-0.2, -0.15) is 5.26 Å². The van der Waals surface area contributed by atoms with Crippen LogP contribution in [0, 0.1) is 11.3 Å². The number of nitriles is 1. The van der Waals surface area contributed by atoms with Gasteiger partial charge in [0.05, 0.1) is 11.6 Å². The van der Waals surface area contributed by atoms with Crippen LogP contribution in [0.4, 0.5) is 0 Å². The van der Waals surface area contributed by atoms with E-state index in [-0.39, 0.29) is 5.91 Å². The van der Waals surface area contributed by atoms with Gasteiger partial charge < -0.3 is 4.90 Å². The lowest BCUT2D eigenvalue weighted by molar-refractivity contribution is 0.0779. The Balaban J connectivity index is 2.11. The van der Waals surface area contributed by atoms with Gasteiger partial charge in [-0.05, 0) is 45.8 Å². The van der Waals surface area contributed by atoms with Crippen molar-refractivity contribution in [2.45, 2.75) is 6.54 Å². The maximum absolute atomic E-state index is 12.2. The van der Waals surface area contributed by atoms with Crippen molar-refractivity contribution in [1.29, 1.82) is 5.26 Å². The first-order valence-electron chi connectivity index (χ1n) is 5.96. The largest absolute Gasteiger partial charge is 0.336 e. The summed E-state index contributed by atoms with van der Waals surface area (Å²) >= 11 is 3.28. The third kappa shape index (κ3) is 3.43. The topological polar surface area (TPSA) is 57.0 Å². The summed E-state index contributed by atoms with van der Waals surface area (Å²) in [6.45, 7) is 0.437. The summed E-state index contributed by atoms with van der Waals surface area (Å²) in [5, 5.41) is 8.86. The highest BCUT2D eigenvalue weighted by Crippen LogP contribution is 2.11. The van der Waals surface area contributed by atoms with Gasteiger partial charge in [0.25, 0.3) is 5.91 Å². The molecule has 1 aromatic heterocycles. The molecule has 2 aromatic rings. The Morgan fingerprint density at radius 2 is 2.20 bits per heavy atom. The molecule has 5 heteroatoms. The Bertz CT molecular complexity index is 662. The zero-order valence-electron chi connectivity index (χ0n) is 10.9. The molecule has 0 bridgehead atoms. The quantitative estimate of drug-likeness (QED) is 0.869. The molecule has 100 valence electrons. The fourth-order valence-corrected chi connectivity index (χ4v) is 2.02. The van der Waals surface area contributed by atoms with Crippen LogP contribution >= 0.6 is 15.9 Å². The van der Waals surface area contributed by atoms with Gasteiger partial charge in [0.15, 0.2) is 0 Å². The van der Waals surface area contributed by atoms with Crippen LogP contribution in [0.1, 0.15) is 21.6 Å². The number of benzene rings is 1. The minimum absolute atomic E-state index is 0.153. The average molecular weight is 330 g/mol. The van der Waals surface area contributed by atoms with Gasteiger partial charge in [-0.15, -0.1) is 0 Å². The molecule has 0 aliphatic carbocycles. The Morgan fingerprint density at radius 3 is 2.85 bits per heavy atom. The molecule has 20 heavy (non-hydrogen) atoms. The monoisotopic (exact) mass is 329 g/mol. The van der Waals surface area contributed by atoms with Crippen LogP contribution in [0.25, 0.3) is 0 Å². The van der Waals surface area contributed by atoms with Crippen molar-refractivity contribution in [3.63, 3.8) is 0 Å². The van der Waals surface area contributed by atoms with Crippen LogP contribution < -0.4 is 0 Å². The molecule has 0 fully saturated rings. The van der Waals surface area contributed by atoms with Crippen LogP contribution in [-0.4, -0.2) is 22.8 Å². The lowest BCUT2D eigenvalue weighted by Crippen LogP contribution is -2.26. The number of nitrogens with zero attached hydrogens (tertiary/aromatic N) is 3. The Morgan fingerprint density at radius 1 is 1.40 bits per heavy atom. The second-order valence-corrected chi connectivity index (χ2v) is 5.25. The normalized spacial score (nSPS) is 9.85. The SMILES string of the molecule is CN(Cc1cccc(C#N)c1)C(=O)c1ccc(Br)cn1. The highest BCUT2D eigenvalue weighted by atomic mass is 79.9. The number of aromatic nitrogens is 1. The summed E-state index contributed by atoms with van der Waals surface area (Å²) < 4.78 is 0.832. The van der Waals surface area contributed by atoms with E-state index in [4.69, 9.17) is 5.26 Å². The Hall–Kier alpha value is -2.19. The van der Waals surface area contributed by atoms with E-state index in [2.05, 4.69) is 27.0 Å². The van der Waals surface area contributed by atoms with Crippen LogP contribution in [0.2, 0.25) is 0 Å². The molecule has 4 nitrogen and oxygen atoms in total. The highest BCUT2D eigenvalue weighted by Gasteiger charge is 2.13. The molecule has 0 saturated heterocycles. The lowest BCUT2D eigenvalue weighted by Gasteiger charge is -2.16. The molecule has 0 unspecified atom stereocenters. The number of pyridine rings is 1. The molecule has 2 rings (SSSR count). The van der Waals surface area contributed by atoms with Crippen LogP contribution in [0.5, 0.6) is 0 Å². The maximum Gasteiger partial charge on any atom is 0.272 e. The van der Waals surface area contributed by atoms with Crippen LogP contribution in [0.15, 0.2) is 47.1 Å². The predicted octanol–water partition coefficient (Wildman–Crippen LogP) is 2.99. The molecule has 0 atom stereocenters. The van der Waals surface area contributed by atoms with E-state index in [9.17, 15) is 4.79 Å². The number of amides is 1. The molecular weight excluding hydrogens is 318 g/mol. The van der Waals surface area contributed by atoms with E-state index in [0.717, 1.165) is 10.0 Å². The predicted molar refractivity (Wildman–Crippen MR) is 78.9 cm³/mol. The number of hydrogen-bond donors (Lipinski definition) is 0. The molecule has 1 aromatic carbocycles. The van der Waals surface area contributed by atoms with E-state index in [1.165, 1.54) is 0 Å². The number of hydrogen-bond acceptors (Lipinski definition) is 3. The summed E-state index contributed by atoms with van der Waals surface area (Å²) in [6.07, 6.45) is 1.59. The summed E-state index contributed by atoms with van der Waals surface area (Å²) in [4.78, 5) is 17.9. The van der Waals surface area contributed by atoms with Crippen molar-refractivity contribution in [2.24, 2.45) is 0 Å². The summed E-state index contributed by atoms with van der Waals surface area (Å²) in [5.74, 6) is -0.153. The van der Waals surface area contributed by atoms with E-state index >= 15 is 0 Å². The molecule has 0 N–H and O–H groups in total. The first kappa shape index (κ1) is 14.2. The Labute approximate surface area is 125 Å². The Kier molecular flexibility index (Phi) is 4.49. The number of halogens is 1. The first-order valence-corrected chi connectivity index (χ1v) is 6.75. The molecule has 1 heterocycles. The molecule has 1 amide bonds. The minimum Gasteiger partial charge on any atom is -0.336 e. The third-order valence-corrected chi connectivity index (χ3v) is 3.24. The molecule has 0 aliphatic rings. The number of carbonyl (C=O) groups excluding carboxylic acids is 1. The van der Waals surface area contributed by atoms with Crippen LogP contribution in [0.3, 0.4) is 0 Å². The molecular formula is C15H12BrN3O. The molecule has 0 spiro atoms. The van der Waals surface area contributed by atoms with Gasteiger partial charge in [0, 0.05) is 24.3 Å². The zero-order valence-corrected chi connectivity index (χ0v) is 12.5. The summed E-state index contributed by atoms with van der Waals surface area (Å²) in [6, 6.07) is 12.8. The van der Waals surface area contributed by atoms with Crippen molar-refractivity contribution in [3.8, 4) is 6.07 Å². The van der Waals surface area contributed by atoms with Gasteiger partial charge in [-0.1, -0.05) is 12.1 Å². The van der Waals surface area contributed by atoms with Crippen molar-refractivity contribution in [2.75, 3.05) is 7.05 Å². The van der Waals surface area contributed by atoms with Crippen molar-refractivity contribution >= 4 is 21.8 Å². The average Bonchev–Trinajstić information content (AvgIpc) is 2.47. The second kappa shape index (κ2) is 6.31.